The van der Waals surface area contributed by atoms with Gasteiger partial charge in [0.1, 0.15) is 5.60 Å². The van der Waals surface area contributed by atoms with Crippen LogP contribution in [-0.4, -0.2) is 23.4 Å². The van der Waals surface area contributed by atoms with Crippen LogP contribution >= 0.6 is 0 Å². The summed E-state index contributed by atoms with van der Waals surface area (Å²) in [6.45, 7) is 4.13. The highest BCUT2D eigenvalue weighted by atomic mass is 16.6. The topological polar surface area (TPSA) is 72.6 Å². The SMILES string of the molecule is CC(C)(C[C@H]1CC[C@H](CCO)CC1)OC(N)=O. The molecule has 0 aromatic carbocycles. The van der Waals surface area contributed by atoms with Gasteiger partial charge in [-0.25, -0.2) is 4.79 Å². The van der Waals surface area contributed by atoms with Gasteiger partial charge in [0.05, 0.1) is 0 Å². The fourth-order valence-electron chi connectivity index (χ4n) is 2.92. The van der Waals surface area contributed by atoms with E-state index < -0.39 is 11.7 Å². The number of carbonyl (C=O) groups excluding carboxylic acids is 1. The van der Waals surface area contributed by atoms with Gasteiger partial charge in [-0.3, -0.25) is 0 Å². The maximum Gasteiger partial charge on any atom is 0.405 e. The van der Waals surface area contributed by atoms with Crippen LogP contribution in [0.15, 0.2) is 0 Å². The zero-order valence-electron chi connectivity index (χ0n) is 10.9. The molecular formula is C13H25NO3. The molecule has 1 aliphatic rings. The number of hydrogen-bond acceptors (Lipinski definition) is 3. The minimum Gasteiger partial charge on any atom is -0.444 e. The van der Waals surface area contributed by atoms with Crippen molar-refractivity contribution in [3.63, 3.8) is 0 Å². The summed E-state index contributed by atoms with van der Waals surface area (Å²) in [6, 6.07) is 0. The molecule has 3 N–H and O–H groups in total. The highest BCUT2D eigenvalue weighted by Gasteiger charge is 2.29. The predicted molar refractivity (Wildman–Crippen MR) is 66.5 cm³/mol. The molecule has 1 rings (SSSR count). The molecule has 0 saturated heterocycles. The Kier molecular flexibility index (Phi) is 5.25. The molecule has 0 aliphatic heterocycles. The van der Waals surface area contributed by atoms with Gasteiger partial charge in [-0.1, -0.05) is 25.7 Å². The second kappa shape index (κ2) is 6.24. The molecule has 1 fully saturated rings. The number of ether oxygens (including phenoxy) is 1. The van der Waals surface area contributed by atoms with Crippen LogP contribution in [0.3, 0.4) is 0 Å². The van der Waals surface area contributed by atoms with E-state index in [-0.39, 0.29) is 0 Å². The molecule has 1 aliphatic carbocycles. The first-order valence-corrected chi connectivity index (χ1v) is 6.52. The van der Waals surface area contributed by atoms with Crippen molar-refractivity contribution in [2.75, 3.05) is 6.61 Å². The van der Waals surface area contributed by atoms with Crippen molar-refractivity contribution < 1.29 is 14.6 Å². The molecule has 1 saturated carbocycles. The van der Waals surface area contributed by atoms with Gasteiger partial charge in [0.2, 0.25) is 0 Å². The van der Waals surface area contributed by atoms with Crippen molar-refractivity contribution >= 4 is 6.09 Å². The van der Waals surface area contributed by atoms with Crippen molar-refractivity contribution in [1.29, 1.82) is 0 Å². The fraction of sp³-hybridized carbons (Fsp3) is 0.923. The maximum atomic E-state index is 10.8. The Bertz CT molecular complexity index is 245. The van der Waals surface area contributed by atoms with Crippen LogP contribution < -0.4 is 5.73 Å². The standard InChI is InChI=1S/C13H25NO3/c1-13(2,17-12(14)16)9-11-5-3-10(4-6-11)7-8-15/h10-11,15H,3-9H2,1-2H3,(H2,14,16)/t10-,11-. The molecule has 100 valence electrons. The average molecular weight is 243 g/mol. The zero-order chi connectivity index (χ0) is 12.9. The summed E-state index contributed by atoms with van der Waals surface area (Å²) in [5.41, 5.74) is 4.60. The third kappa shape index (κ3) is 5.39. The Balaban J connectivity index is 2.32. The van der Waals surface area contributed by atoms with Crippen molar-refractivity contribution in [3.05, 3.63) is 0 Å². The normalized spacial score (nSPS) is 25.6. The summed E-state index contributed by atoms with van der Waals surface area (Å²) >= 11 is 0. The molecule has 0 radical (unpaired) electrons. The predicted octanol–water partition coefficient (Wildman–Crippen LogP) is 2.44. The first-order valence-electron chi connectivity index (χ1n) is 6.52. The van der Waals surface area contributed by atoms with Crippen molar-refractivity contribution in [2.24, 2.45) is 17.6 Å². The van der Waals surface area contributed by atoms with Gasteiger partial charge in [0.15, 0.2) is 0 Å². The van der Waals surface area contributed by atoms with Crippen LogP contribution in [0.4, 0.5) is 4.79 Å². The monoisotopic (exact) mass is 243 g/mol. The molecular weight excluding hydrogens is 218 g/mol. The molecule has 0 bridgehead atoms. The van der Waals surface area contributed by atoms with Crippen molar-refractivity contribution in [3.8, 4) is 0 Å². The summed E-state index contributed by atoms with van der Waals surface area (Å²) < 4.78 is 5.11. The van der Waals surface area contributed by atoms with Crippen LogP contribution in [-0.2, 0) is 4.74 Å². The second-order valence-electron chi connectivity index (χ2n) is 5.78. The maximum absolute atomic E-state index is 10.8. The molecule has 0 unspecified atom stereocenters. The van der Waals surface area contributed by atoms with E-state index in [1.54, 1.807) is 0 Å². The largest absolute Gasteiger partial charge is 0.444 e. The lowest BCUT2D eigenvalue weighted by molar-refractivity contribution is 0.0191. The molecule has 4 nitrogen and oxygen atoms in total. The highest BCUT2D eigenvalue weighted by molar-refractivity contribution is 5.65. The first kappa shape index (κ1) is 14.3. The van der Waals surface area contributed by atoms with Crippen LogP contribution in [0.2, 0.25) is 0 Å². The van der Waals surface area contributed by atoms with Crippen molar-refractivity contribution in [1.82, 2.24) is 0 Å². The molecule has 0 spiro atoms. The smallest absolute Gasteiger partial charge is 0.405 e. The molecule has 17 heavy (non-hydrogen) atoms. The zero-order valence-corrected chi connectivity index (χ0v) is 10.9. The average Bonchev–Trinajstić information content (AvgIpc) is 2.18. The third-order valence-electron chi connectivity index (χ3n) is 3.66. The Labute approximate surface area is 104 Å². The summed E-state index contributed by atoms with van der Waals surface area (Å²) in [5, 5.41) is 8.90. The van der Waals surface area contributed by atoms with E-state index in [1.807, 2.05) is 13.8 Å². The molecule has 1 amide bonds. The van der Waals surface area contributed by atoms with E-state index in [1.165, 1.54) is 12.8 Å². The first-order chi connectivity index (χ1) is 7.93. The number of carbonyl (C=O) groups is 1. The molecule has 0 aromatic rings. The van der Waals surface area contributed by atoms with Crippen molar-refractivity contribution in [2.45, 2.75) is 58.0 Å². The van der Waals surface area contributed by atoms with Crippen LogP contribution in [0.25, 0.3) is 0 Å². The summed E-state index contributed by atoms with van der Waals surface area (Å²) in [5.74, 6) is 1.29. The summed E-state index contributed by atoms with van der Waals surface area (Å²) in [6.07, 6.45) is 5.79. The van der Waals surface area contributed by atoms with E-state index >= 15 is 0 Å². The summed E-state index contributed by atoms with van der Waals surface area (Å²) in [7, 11) is 0. The number of amides is 1. The van der Waals surface area contributed by atoms with Gasteiger partial charge >= 0.3 is 6.09 Å². The second-order valence-corrected chi connectivity index (χ2v) is 5.78. The number of rotatable bonds is 5. The lowest BCUT2D eigenvalue weighted by atomic mass is 9.76. The Morgan fingerprint density at radius 2 is 1.82 bits per heavy atom. The fourth-order valence-corrected chi connectivity index (χ4v) is 2.92. The molecule has 0 aromatic heterocycles. The Morgan fingerprint density at radius 3 is 2.29 bits per heavy atom. The lowest BCUT2D eigenvalue weighted by Crippen LogP contribution is -2.34. The van der Waals surface area contributed by atoms with Gasteiger partial charge in [-0.2, -0.15) is 0 Å². The lowest BCUT2D eigenvalue weighted by Gasteiger charge is -2.33. The van der Waals surface area contributed by atoms with Gasteiger partial charge in [0.25, 0.3) is 0 Å². The van der Waals surface area contributed by atoms with Crippen LogP contribution in [0.5, 0.6) is 0 Å². The third-order valence-corrected chi connectivity index (χ3v) is 3.66. The number of nitrogens with two attached hydrogens (primary N) is 1. The van der Waals surface area contributed by atoms with E-state index in [0.29, 0.717) is 18.4 Å². The molecule has 0 atom stereocenters. The Morgan fingerprint density at radius 1 is 1.29 bits per heavy atom. The van der Waals surface area contributed by atoms with Gasteiger partial charge in [0, 0.05) is 6.61 Å². The Hall–Kier alpha value is -0.770. The highest BCUT2D eigenvalue weighted by Crippen LogP contribution is 2.35. The number of primary amides is 1. The van der Waals surface area contributed by atoms with E-state index in [4.69, 9.17) is 15.6 Å². The number of aliphatic hydroxyl groups excluding tert-OH is 1. The van der Waals surface area contributed by atoms with Crippen LogP contribution in [0, 0.1) is 11.8 Å². The number of hydrogen-bond donors (Lipinski definition) is 2. The van der Waals surface area contributed by atoms with E-state index in [0.717, 1.165) is 25.7 Å². The van der Waals surface area contributed by atoms with E-state index in [9.17, 15) is 4.79 Å². The van der Waals surface area contributed by atoms with Gasteiger partial charge in [-0.05, 0) is 38.5 Å². The van der Waals surface area contributed by atoms with Gasteiger partial charge < -0.3 is 15.6 Å². The molecule has 4 heteroatoms. The number of aliphatic hydroxyl groups is 1. The quantitative estimate of drug-likeness (QED) is 0.779. The minimum atomic E-state index is -0.691. The summed E-state index contributed by atoms with van der Waals surface area (Å²) in [4.78, 5) is 10.8. The van der Waals surface area contributed by atoms with Gasteiger partial charge in [-0.15, -0.1) is 0 Å². The van der Waals surface area contributed by atoms with Crippen LogP contribution in [0.1, 0.15) is 52.4 Å². The van der Waals surface area contributed by atoms with E-state index in [2.05, 4.69) is 0 Å². The minimum absolute atomic E-state index is 0.297. The molecule has 0 heterocycles.